The average molecular weight is 437 g/mol. The van der Waals surface area contributed by atoms with E-state index >= 15 is 0 Å². The quantitative estimate of drug-likeness (QED) is 0.511. The Morgan fingerprint density at radius 2 is 1.70 bits per heavy atom. The minimum Gasteiger partial charge on any atom is -0.362 e. The van der Waals surface area contributed by atoms with Gasteiger partial charge in [0.05, 0.1) is 15.9 Å². The molecule has 2 aromatic carbocycles. The van der Waals surface area contributed by atoms with Crippen LogP contribution in [0, 0.1) is 15.9 Å². The van der Waals surface area contributed by atoms with Crippen molar-refractivity contribution in [3.8, 4) is 0 Å². The molecule has 2 aromatic rings. The third-order valence-electron chi connectivity index (χ3n) is 5.56. The summed E-state index contributed by atoms with van der Waals surface area (Å²) in [6, 6.07) is 9.61. The molecule has 1 aliphatic rings. The van der Waals surface area contributed by atoms with Crippen LogP contribution in [0.3, 0.4) is 0 Å². The highest BCUT2D eigenvalue weighted by Crippen LogP contribution is 2.35. The molecule has 0 amide bonds. The zero-order valence-corrected chi connectivity index (χ0v) is 18.0. The van der Waals surface area contributed by atoms with Crippen molar-refractivity contribution < 1.29 is 17.7 Å². The van der Waals surface area contributed by atoms with E-state index in [9.17, 15) is 22.9 Å². The van der Waals surface area contributed by atoms with E-state index in [2.05, 4.69) is 0 Å². The van der Waals surface area contributed by atoms with Crippen molar-refractivity contribution >= 4 is 21.4 Å². The van der Waals surface area contributed by atoms with Gasteiger partial charge in [-0.15, -0.1) is 0 Å². The smallest absolute Gasteiger partial charge is 0.293 e. The van der Waals surface area contributed by atoms with E-state index in [1.54, 1.807) is 24.1 Å². The summed E-state index contributed by atoms with van der Waals surface area (Å²) in [6.45, 7) is 3.74. The molecule has 30 heavy (non-hydrogen) atoms. The SMILES string of the molecule is CC(c1ccc(F)cc1)N(C)c1ccc(S(=O)(=O)N2CCN(C)CC2)cc1[N+](=O)[O-]. The molecule has 0 N–H and O–H groups in total. The molecular weight excluding hydrogens is 411 g/mol. The molecule has 1 saturated heterocycles. The highest BCUT2D eigenvalue weighted by Gasteiger charge is 2.30. The van der Waals surface area contributed by atoms with Crippen molar-refractivity contribution in [1.82, 2.24) is 9.21 Å². The Kier molecular flexibility index (Phi) is 6.39. The zero-order chi connectivity index (χ0) is 22.1. The highest BCUT2D eigenvalue weighted by molar-refractivity contribution is 7.89. The first-order valence-electron chi connectivity index (χ1n) is 9.56. The van der Waals surface area contributed by atoms with Gasteiger partial charge in [0.1, 0.15) is 11.5 Å². The molecule has 1 aliphatic heterocycles. The van der Waals surface area contributed by atoms with Crippen LogP contribution in [0.25, 0.3) is 0 Å². The van der Waals surface area contributed by atoms with E-state index in [1.807, 2.05) is 18.9 Å². The van der Waals surface area contributed by atoms with E-state index in [0.29, 0.717) is 26.2 Å². The lowest BCUT2D eigenvalue weighted by Crippen LogP contribution is -2.47. The molecule has 0 aromatic heterocycles. The third-order valence-corrected chi connectivity index (χ3v) is 7.45. The molecule has 0 spiro atoms. The Labute approximate surface area is 175 Å². The largest absolute Gasteiger partial charge is 0.362 e. The van der Waals surface area contributed by atoms with Crippen molar-refractivity contribution in [2.45, 2.75) is 17.9 Å². The Morgan fingerprint density at radius 3 is 2.27 bits per heavy atom. The van der Waals surface area contributed by atoms with Crippen molar-refractivity contribution in [2.24, 2.45) is 0 Å². The normalized spacial score (nSPS) is 16.9. The molecule has 10 heteroatoms. The fraction of sp³-hybridized carbons (Fsp3) is 0.400. The van der Waals surface area contributed by atoms with E-state index in [4.69, 9.17) is 0 Å². The van der Waals surface area contributed by atoms with Gasteiger partial charge >= 0.3 is 0 Å². The summed E-state index contributed by atoms with van der Waals surface area (Å²) in [5, 5.41) is 11.7. The van der Waals surface area contributed by atoms with Gasteiger partial charge in [-0.1, -0.05) is 12.1 Å². The number of hydrogen-bond acceptors (Lipinski definition) is 6. The van der Waals surface area contributed by atoms with Gasteiger partial charge in [-0.3, -0.25) is 10.1 Å². The Bertz CT molecular complexity index is 1020. The average Bonchev–Trinajstić information content (AvgIpc) is 2.73. The summed E-state index contributed by atoms with van der Waals surface area (Å²) in [6.07, 6.45) is 0. The lowest BCUT2D eigenvalue weighted by atomic mass is 10.1. The van der Waals surface area contributed by atoms with Gasteiger partial charge in [-0.2, -0.15) is 4.31 Å². The van der Waals surface area contributed by atoms with Gasteiger partial charge < -0.3 is 9.80 Å². The fourth-order valence-electron chi connectivity index (χ4n) is 3.46. The molecule has 1 fully saturated rings. The molecule has 1 atom stereocenters. The highest BCUT2D eigenvalue weighted by atomic mass is 32.2. The van der Waals surface area contributed by atoms with Gasteiger partial charge in [-0.05, 0) is 43.8 Å². The van der Waals surface area contributed by atoms with E-state index in [-0.39, 0.29) is 28.1 Å². The van der Waals surface area contributed by atoms with Crippen LogP contribution in [-0.4, -0.2) is 62.8 Å². The van der Waals surface area contributed by atoms with E-state index < -0.39 is 14.9 Å². The molecule has 3 rings (SSSR count). The maximum Gasteiger partial charge on any atom is 0.293 e. The second kappa shape index (κ2) is 8.66. The number of likely N-dealkylation sites (N-methyl/N-ethyl adjacent to an activating group) is 1. The minimum absolute atomic E-state index is 0.0923. The number of benzene rings is 2. The first-order chi connectivity index (χ1) is 14.1. The van der Waals surface area contributed by atoms with Crippen LogP contribution < -0.4 is 4.90 Å². The molecule has 0 aliphatic carbocycles. The molecule has 8 nitrogen and oxygen atoms in total. The van der Waals surface area contributed by atoms with Gasteiger partial charge in [-0.25, -0.2) is 12.8 Å². The number of nitrogens with zero attached hydrogens (tertiary/aromatic N) is 4. The van der Waals surface area contributed by atoms with Crippen LogP contribution in [-0.2, 0) is 10.0 Å². The number of anilines is 1. The number of sulfonamides is 1. The summed E-state index contributed by atoms with van der Waals surface area (Å²) in [7, 11) is -0.215. The Morgan fingerprint density at radius 1 is 1.10 bits per heavy atom. The molecule has 1 unspecified atom stereocenters. The van der Waals surface area contributed by atoms with Crippen LogP contribution in [0.5, 0.6) is 0 Å². The lowest BCUT2D eigenvalue weighted by molar-refractivity contribution is -0.384. The number of rotatable bonds is 6. The molecule has 0 bridgehead atoms. The summed E-state index contributed by atoms with van der Waals surface area (Å²) < 4.78 is 40.5. The Hall–Kier alpha value is -2.56. The predicted molar refractivity (Wildman–Crippen MR) is 113 cm³/mol. The molecule has 1 heterocycles. The first kappa shape index (κ1) is 22.1. The van der Waals surface area contributed by atoms with Crippen molar-refractivity contribution in [1.29, 1.82) is 0 Å². The molecular formula is C20H25FN4O4S. The maximum absolute atomic E-state index is 13.2. The standard InChI is InChI=1S/C20H25FN4O4S/c1-15(16-4-6-17(21)7-5-16)23(3)19-9-8-18(14-20(19)25(26)27)30(28,29)24-12-10-22(2)11-13-24/h4-9,14-15H,10-13H2,1-3H3. The van der Waals surface area contributed by atoms with Crippen LogP contribution in [0.15, 0.2) is 47.4 Å². The van der Waals surface area contributed by atoms with Crippen LogP contribution in [0.1, 0.15) is 18.5 Å². The number of nitro benzene ring substituents is 1. The van der Waals surface area contributed by atoms with Crippen LogP contribution in [0.4, 0.5) is 15.8 Å². The Balaban J connectivity index is 1.93. The third kappa shape index (κ3) is 4.45. The first-order valence-corrected chi connectivity index (χ1v) is 11.0. The van der Waals surface area contributed by atoms with E-state index in [1.165, 1.54) is 28.6 Å². The van der Waals surface area contributed by atoms with Crippen molar-refractivity contribution in [2.75, 3.05) is 45.2 Å². The van der Waals surface area contributed by atoms with Crippen LogP contribution >= 0.6 is 0 Å². The van der Waals surface area contributed by atoms with E-state index in [0.717, 1.165) is 11.6 Å². The van der Waals surface area contributed by atoms with Gasteiger partial charge in [0.25, 0.3) is 5.69 Å². The maximum atomic E-state index is 13.2. The van der Waals surface area contributed by atoms with Crippen LogP contribution in [0.2, 0.25) is 0 Å². The summed E-state index contributed by atoms with van der Waals surface area (Å²) in [5.74, 6) is -0.363. The summed E-state index contributed by atoms with van der Waals surface area (Å²) in [5.41, 5.74) is 0.776. The topological polar surface area (TPSA) is 87.0 Å². The van der Waals surface area contributed by atoms with Gasteiger partial charge in [0, 0.05) is 39.3 Å². The second-order valence-electron chi connectivity index (χ2n) is 7.45. The second-order valence-corrected chi connectivity index (χ2v) is 9.39. The fourth-order valence-corrected chi connectivity index (χ4v) is 4.90. The lowest BCUT2D eigenvalue weighted by Gasteiger charge is -2.31. The molecule has 0 radical (unpaired) electrons. The predicted octanol–water partition coefficient (Wildman–Crippen LogP) is 2.87. The molecule has 0 saturated carbocycles. The van der Waals surface area contributed by atoms with Gasteiger partial charge in [0.15, 0.2) is 0 Å². The summed E-state index contributed by atoms with van der Waals surface area (Å²) >= 11 is 0. The minimum atomic E-state index is -3.82. The molecule has 162 valence electrons. The number of nitro groups is 1. The zero-order valence-electron chi connectivity index (χ0n) is 17.2. The van der Waals surface area contributed by atoms with Crippen molar-refractivity contribution in [3.05, 3.63) is 64.0 Å². The van der Waals surface area contributed by atoms with Crippen molar-refractivity contribution in [3.63, 3.8) is 0 Å². The summed E-state index contributed by atoms with van der Waals surface area (Å²) in [4.78, 5) is 14.8. The monoisotopic (exact) mass is 436 g/mol. The number of piperazine rings is 1. The number of hydrogen-bond donors (Lipinski definition) is 0. The number of halogens is 1. The van der Waals surface area contributed by atoms with Gasteiger partial charge in [0.2, 0.25) is 10.0 Å².